The normalized spacial score (nSPS) is 21.2. The van der Waals surface area contributed by atoms with Crippen LogP contribution in [0.3, 0.4) is 0 Å². The minimum Gasteiger partial charge on any atom is -0.444 e. The van der Waals surface area contributed by atoms with E-state index in [0.717, 1.165) is 6.42 Å². The van der Waals surface area contributed by atoms with Crippen LogP contribution in [0.15, 0.2) is 29.2 Å². The molecule has 9 nitrogen and oxygen atoms in total. The first-order valence-corrected chi connectivity index (χ1v) is 10.5. The number of amides is 1. The van der Waals surface area contributed by atoms with Gasteiger partial charge in [0.05, 0.1) is 17.6 Å². The number of carbonyl (C=O) groups is 1. The molecule has 1 aliphatic heterocycles. The molecule has 0 bridgehead atoms. The molecule has 1 amide bonds. The third kappa shape index (κ3) is 8.46. The maximum Gasteiger partial charge on any atom is 0.407 e. The molecule has 1 fully saturated rings. The number of carbonyl (C=O) groups excluding carboxylic acids is 1. The van der Waals surface area contributed by atoms with Crippen molar-refractivity contribution in [1.82, 2.24) is 9.62 Å². The second-order valence-corrected chi connectivity index (χ2v) is 9.06. The second kappa shape index (κ2) is 11.2. The highest BCUT2D eigenvalue weighted by Gasteiger charge is 2.29. The fourth-order valence-corrected chi connectivity index (χ4v) is 3.88. The zero-order valence-corrected chi connectivity index (χ0v) is 18.7. The van der Waals surface area contributed by atoms with Gasteiger partial charge in [-0.3, -0.25) is 10.1 Å². The number of nitro groups is 1. The molecule has 2 rings (SSSR count). The van der Waals surface area contributed by atoms with Gasteiger partial charge >= 0.3 is 6.09 Å². The fourth-order valence-electron chi connectivity index (χ4n) is 2.46. The Labute approximate surface area is 174 Å². The van der Waals surface area contributed by atoms with E-state index in [2.05, 4.69) is 5.32 Å². The summed E-state index contributed by atoms with van der Waals surface area (Å²) in [5, 5.41) is 13.4. The summed E-state index contributed by atoms with van der Waals surface area (Å²) in [7, 11) is -0.0107. The van der Waals surface area contributed by atoms with E-state index in [0.29, 0.717) is 13.2 Å². The zero-order chi connectivity index (χ0) is 22.2. The smallest absolute Gasteiger partial charge is 0.407 e. The van der Waals surface area contributed by atoms with Crippen molar-refractivity contribution in [2.24, 2.45) is 0 Å². The van der Waals surface area contributed by atoms with Crippen molar-refractivity contribution in [3.8, 4) is 0 Å². The number of para-hydroxylation sites is 1. The molecule has 0 aromatic heterocycles. The largest absolute Gasteiger partial charge is 0.444 e. The molecule has 1 aromatic carbocycles. The van der Waals surface area contributed by atoms with E-state index in [4.69, 9.17) is 9.47 Å². The molecule has 1 aliphatic rings. The Kier molecular flexibility index (Phi) is 9.67. The number of hydrogen-bond donors (Lipinski definition) is 1. The standard InChI is InChI=1S/C13H18N2O4S.C6H13NO2/c1-10-9-19-11(2)7-8-14(10)20(18)13-6-4-3-5-12(13)15(16)17;1-6(2,3)9-5(8)7-4/h3-6,10-11H,7-9H2,1-2H3;1-4H3,(H,7,8)/t10?,11-,20?;/m1./s1. The van der Waals surface area contributed by atoms with Gasteiger partial charge in [-0.2, -0.15) is 0 Å². The molecule has 1 aromatic rings. The van der Waals surface area contributed by atoms with Gasteiger partial charge in [-0.25, -0.2) is 13.3 Å². The first-order chi connectivity index (χ1) is 13.5. The summed E-state index contributed by atoms with van der Waals surface area (Å²) >= 11 is 0. The van der Waals surface area contributed by atoms with Gasteiger partial charge in [0.25, 0.3) is 5.69 Å². The first-order valence-electron chi connectivity index (χ1n) is 9.40. The molecule has 0 radical (unpaired) electrons. The van der Waals surface area contributed by atoms with E-state index < -0.39 is 15.9 Å². The predicted octanol–water partition coefficient (Wildman–Crippen LogP) is 3.26. The van der Waals surface area contributed by atoms with E-state index >= 15 is 0 Å². The molecule has 164 valence electrons. The SMILES string of the molecule is CC1CO[C@H](C)CCN1S(=O)c1ccccc1[N+](=O)[O-].CNC(=O)OC(C)(C)C. The summed E-state index contributed by atoms with van der Waals surface area (Å²) < 4.78 is 24.9. The van der Waals surface area contributed by atoms with Gasteiger partial charge in [-0.05, 0) is 47.1 Å². The highest BCUT2D eigenvalue weighted by atomic mass is 32.2. The average molecular weight is 430 g/mol. The number of nitrogens with zero attached hydrogens (tertiary/aromatic N) is 2. The minimum absolute atomic E-state index is 0.0411. The highest BCUT2D eigenvalue weighted by molar-refractivity contribution is 7.82. The van der Waals surface area contributed by atoms with Gasteiger partial charge in [-0.1, -0.05) is 12.1 Å². The Bertz CT molecular complexity index is 722. The summed E-state index contributed by atoms with van der Waals surface area (Å²) in [5.74, 6) is 0. The van der Waals surface area contributed by atoms with Crippen molar-refractivity contribution in [3.63, 3.8) is 0 Å². The van der Waals surface area contributed by atoms with Gasteiger partial charge in [-0.15, -0.1) is 0 Å². The Morgan fingerprint density at radius 3 is 2.48 bits per heavy atom. The van der Waals surface area contributed by atoms with Gasteiger partial charge < -0.3 is 14.8 Å². The molecule has 1 heterocycles. The van der Waals surface area contributed by atoms with Crippen molar-refractivity contribution in [3.05, 3.63) is 34.4 Å². The van der Waals surface area contributed by atoms with Crippen LogP contribution in [-0.2, 0) is 20.5 Å². The lowest BCUT2D eigenvalue weighted by atomic mass is 10.2. The molecule has 0 spiro atoms. The third-order valence-corrected chi connectivity index (χ3v) is 5.63. The number of ether oxygens (including phenoxy) is 2. The summed E-state index contributed by atoms with van der Waals surface area (Å²) in [6, 6.07) is 6.14. The van der Waals surface area contributed by atoms with Crippen LogP contribution in [0.2, 0.25) is 0 Å². The quantitative estimate of drug-likeness (QED) is 0.583. The average Bonchev–Trinajstić information content (AvgIpc) is 2.81. The summed E-state index contributed by atoms with van der Waals surface area (Å²) in [6.07, 6.45) is 0.490. The molecule has 29 heavy (non-hydrogen) atoms. The molecule has 2 unspecified atom stereocenters. The van der Waals surface area contributed by atoms with Crippen LogP contribution in [0.4, 0.5) is 10.5 Å². The van der Waals surface area contributed by atoms with Crippen molar-refractivity contribution < 1.29 is 23.4 Å². The molecular weight excluding hydrogens is 398 g/mol. The lowest BCUT2D eigenvalue weighted by Crippen LogP contribution is -2.36. The zero-order valence-electron chi connectivity index (χ0n) is 17.8. The minimum atomic E-state index is -1.55. The number of alkyl carbamates (subject to hydrolysis) is 1. The predicted molar refractivity (Wildman–Crippen MR) is 111 cm³/mol. The molecule has 0 aliphatic carbocycles. The van der Waals surface area contributed by atoms with Crippen LogP contribution in [0.5, 0.6) is 0 Å². The maximum absolute atomic E-state index is 12.7. The number of hydrogen-bond acceptors (Lipinski definition) is 6. The number of benzene rings is 1. The lowest BCUT2D eigenvalue weighted by molar-refractivity contribution is -0.387. The number of nitrogens with one attached hydrogen (secondary N) is 1. The van der Waals surface area contributed by atoms with Crippen LogP contribution < -0.4 is 5.32 Å². The van der Waals surface area contributed by atoms with Crippen molar-refractivity contribution in [2.45, 2.75) is 63.7 Å². The number of rotatable bonds is 3. The Morgan fingerprint density at radius 1 is 1.34 bits per heavy atom. The fraction of sp³-hybridized carbons (Fsp3) is 0.632. The summed E-state index contributed by atoms with van der Waals surface area (Å²) in [5.41, 5.74) is -0.489. The van der Waals surface area contributed by atoms with E-state index in [9.17, 15) is 19.1 Å². The van der Waals surface area contributed by atoms with Crippen LogP contribution in [-0.4, -0.2) is 57.5 Å². The van der Waals surface area contributed by atoms with Gasteiger partial charge in [0.1, 0.15) is 21.5 Å². The molecule has 1 saturated heterocycles. The summed E-state index contributed by atoms with van der Waals surface area (Å²) in [6.45, 7) is 10.4. The van der Waals surface area contributed by atoms with E-state index in [1.807, 2.05) is 34.6 Å². The maximum atomic E-state index is 12.7. The molecule has 3 atom stereocenters. The van der Waals surface area contributed by atoms with Crippen LogP contribution in [0.1, 0.15) is 41.0 Å². The van der Waals surface area contributed by atoms with E-state index in [1.54, 1.807) is 22.5 Å². The van der Waals surface area contributed by atoms with Crippen LogP contribution in [0.25, 0.3) is 0 Å². The third-order valence-electron chi connectivity index (χ3n) is 3.94. The topological polar surface area (TPSA) is 111 Å². The Balaban J connectivity index is 0.000000396. The van der Waals surface area contributed by atoms with Crippen LogP contribution in [0, 0.1) is 10.1 Å². The van der Waals surface area contributed by atoms with E-state index in [-0.39, 0.29) is 34.4 Å². The second-order valence-electron chi connectivity index (χ2n) is 7.65. The van der Waals surface area contributed by atoms with Gasteiger partial charge in [0.15, 0.2) is 0 Å². The Morgan fingerprint density at radius 2 is 1.97 bits per heavy atom. The lowest BCUT2D eigenvalue weighted by Gasteiger charge is -2.24. The first kappa shape index (κ1) is 25.0. The summed E-state index contributed by atoms with van der Waals surface area (Å²) in [4.78, 5) is 21.3. The number of nitro benzene ring substituents is 1. The Hall–Kier alpha value is -2.04. The highest BCUT2D eigenvalue weighted by Crippen LogP contribution is 2.26. The van der Waals surface area contributed by atoms with Crippen molar-refractivity contribution in [1.29, 1.82) is 0 Å². The van der Waals surface area contributed by atoms with Crippen LogP contribution >= 0.6 is 0 Å². The van der Waals surface area contributed by atoms with Gasteiger partial charge in [0, 0.05) is 25.7 Å². The van der Waals surface area contributed by atoms with Crippen molar-refractivity contribution in [2.75, 3.05) is 20.2 Å². The molecule has 10 heteroatoms. The van der Waals surface area contributed by atoms with Crippen molar-refractivity contribution >= 4 is 22.8 Å². The van der Waals surface area contributed by atoms with Gasteiger partial charge in [0.2, 0.25) is 0 Å². The molecule has 0 saturated carbocycles. The molecular formula is C19H31N3O6S. The monoisotopic (exact) mass is 429 g/mol. The molecule has 1 N–H and O–H groups in total. The van der Waals surface area contributed by atoms with E-state index in [1.165, 1.54) is 13.1 Å².